The van der Waals surface area contributed by atoms with Crippen molar-refractivity contribution in [2.24, 2.45) is 0 Å². The van der Waals surface area contributed by atoms with Gasteiger partial charge in [-0.25, -0.2) is 4.79 Å². The Balaban J connectivity index is 1.67. The molecule has 0 saturated heterocycles. The fourth-order valence-corrected chi connectivity index (χ4v) is 3.72. The lowest BCUT2D eigenvalue weighted by Gasteiger charge is -2.28. The molecule has 32 heavy (non-hydrogen) atoms. The van der Waals surface area contributed by atoms with E-state index in [0.29, 0.717) is 28.6 Å². The second-order valence-electron chi connectivity index (χ2n) is 7.26. The molecule has 5 rings (SSSR count). The number of carbonyl (C=O) groups excluding carboxylic acids is 1. The average Bonchev–Trinajstić information content (AvgIpc) is 3.26. The zero-order valence-corrected chi connectivity index (χ0v) is 17.4. The van der Waals surface area contributed by atoms with Gasteiger partial charge in [-0.2, -0.15) is 0 Å². The molecular formula is C27H20O5. The van der Waals surface area contributed by atoms with Crippen molar-refractivity contribution < 1.29 is 23.7 Å². The van der Waals surface area contributed by atoms with Gasteiger partial charge in [0, 0.05) is 11.1 Å². The molecule has 0 bridgehead atoms. The quantitative estimate of drug-likeness (QED) is 0.371. The summed E-state index contributed by atoms with van der Waals surface area (Å²) in [5.74, 6) is 0.0565. The molecule has 0 radical (unpaired) electrons. The number of hydrogen-bond acceptors (Lipinski definition) is 5. The van der Waals surface area contributed by atoms with E-state index in [0.717, 1.165) is 11.1 Å². The average molecular weight is 424 g/mol. The van der Waals surface area contributed by atoms with E-state index in [-0.39, 0.29) is 0 Å². The Hall–Kier alpha value is -4.25. The van der Waals surface area contributed by atoms with E-state index in [9.17, 15) is 4.79 Å². The summed E-state index contributed by atoms with van der Waals surface area (Å²) >= 11 is 0. The van der Waals surface area contributed by atoms with E-state index in [1.54, 1.807) is 12.1 Å². The van der Waals surface area contributed by atoms with Crippen LogP contribution in [0.5, 0.6) is 23.0 Å². The lowest BCUT2D eigenvalue weighted by molar-refractivity contribution is -0.0466. The number of carbonyl (C=O) groups is 1. The summed E-state index contributed by atoms with van der Waals surface area (Å²) < 4.78 is 24.0. The first kappa shape index (κ1) is 19.7. The van der Waals surface area contributed by atoms with Crippen molar-refractivity contribution in [1.29, 1.82) is 0 Å². The molecule has 5 nitrogen and oxygen atoms in total. The smallest absolute Gasteiger partial charge is 0.338 e. The third-order valence-electron chi connectivity index (χ3n) is 5.22. The first-order valence-electron chi connectivity index (χ1n) is 10.2. The summed E-state index contributed by atoms with van der Waals surface area (Å²) in [4.78, 5) is 12.3. The van der Waals surface area contributed by atoms with E-state index >= 15 is 0 Å². The summed E-state index contributed by atoms with van der Waals surface area (Å²) in [5.41, 5.74) is 1.93. The lowest BCUT2D eigenvalue weighted by atomic mass is 9.97. The van der Waals surface area contributed by atoms with Gasteiger partial charge in [0.1, 0.15) is 5.75 Å². The predicted octanol–water partition coefficient (Wildman–Crippen LogP) is 5.94. The SMILES string of the molecule is COC(=O)c1cc(Oc2ccccc2)c2c(c1)OC(c1ccccc1)(c1ccccc1)O2. The lowest BCUT2D eigenvalue weighted by Crippen LogP contribution is -2.36. The number of esters is 1. The van der Waals surface area contributed by atoms with Crippen LogP contribution in [-0.4, -0.2) is 13.1 Å². The van der Waals surface area contributed by atoms with Gasteiger partial charge < -0.3 is 18.9 Å². The monoisotopic (exact) mass is 424 g/mol. The van der Waals surface area contributed by atoms with Crippen molar-refractivity contribution in [3.63, 3.8) is 0 Å². The van der Waals surface area contributed by atoms with Crippen molar-refractivity contribution >= 4 is 5.97 Å². The molecule has 158 valence electrons. The minimum absolute atomic E-state index is 0.303. The van der Waals surface area contributed by atoms with Crippen LogP contribution < -0.4 is 14.2 Å². The minimum atomic E-state index is -1.23. The number of hydrogen-bond donors (Lipinski definition) is 0. The molecule has 0 fully saturated rings. The maximum absolute atomic E-state index is 12.3. The van der Waals surface area contributed by atoms with Crippen molar-refractivity contribution in [2.75, 3.05) is 7.11 Å². The van der Waals surface area contributed by atoms with Crippen LogP contribution in [0.15, 0.2) is 103 Å². The Morgan fingerprint density at radius 2 is 1.31 bits per heavy atom. The molecule has 0 N–H and O–H groups in total. The number of methoxy groups -OCH3 is 1. The molecule has 1 heterocycles. The second kappa shape index (κ2) is 8.12. The molecule has 0 saturated carbocycles. The van der Waals surface area contributed by atoms with Crippen LogP contribution in [0.2, 0.25) is 0 Å². The Bertz CT molecular complexity index is 1200. The van der Waals surface area contributed by atoms with E-state index in [1.165, 1.54) is 7.11 Å². The topological polar surface area (TPSA) is 54.0 Å². The molecule has 5 heteroatoms. The van der Waals surface area contributed by atoms with E-state index in [1.807, 2.05) is 91.0 Å². The van der Waals surface area contributed by atoms with Gasteiger partial charge in [-0.15, -0.1) is 0 Å². The number of para-hydroxylation sites is 1. The zero-order chi connectivity index (χ0) is 22.0. The maximum atomic E-state index is 12.3. The van der Waals surface area contributed by atoms with Gasteiger partial charge in [-0.3, -0.25) is 0 Å². The summed E-state index contributed by atoms with van der Waals surface area (Å²) in [6.45, 7) is 0. The van der Waals surface area contributed by atoms with Crippen LogP contribution in [0.1, 0.15) is 21.5 Å². The molecule has 0 aliphatic carbocycles. The third-order valence-corrected chi connectivity index (χ3v) is 5.22. The van der Waals surface area contributed by atoms with Crippen LogP contribution in [0, 0.1) is 0 Å². The summed E-state index contributed by atoms with van der Waals surface area (Å²) in [5, 5.41) is 0. The Labute approximate surface area is 185 Å². The van der Waals surface area contributed by atoms with Gasteiger partial charge in [0.2, 0.25) is 5.75 Å². The van der Waals surface area contributed by atoms with Crippen LogP contribution in [0.25, 0.3) is 0 Å². The van der Waals surface area contributed by atoms with Gasteiger partial charge in [0.05, 0.1) is 12.7 Å². The summed E-state index contributed by atoms with van der Waals surface area (Å²) in [6.07, 6.45) is 0. The van der Waals surface area contributed by atoms with Gasteiger partial charge >= 0.3 is 11.8 Å². The Morgan fingerprint density at radius 1 is 0.750 bits per heavy atom. The number of ether oxygens (including phenoxy) is 4. The molecular weight excluding hydrogens is 404 g/mol. The molecule has 4 aromatic rings. The molecule has 1 aliphatic heterocycles. The highest BCUT2D eigenvalue weighted by Gasteiger charge is 2.47. The fourth-order valence-electron chi connectivity index (χ4n) is 3.72. The van der Waals surface area contributed by atoms with Crippen molar-refractivity contribution in [3.8, 4) is 23.0 Å². The first-order chi connectivity index (χ1) is 15.7. The van der Waals surface area contributed by atoms with E-state index in [2.05, 4.69) is 0 Å². The fraction of sp³-hybridized carbons (Fsp3) is 0.0741. The van der Waals surface area contributed by atoms with Gasteiger partial charge in [-0.05, 0) is 24.3 Å². The molecule has 1 aliphatic rings. The van der Waals surface area contributed by atoms with Crippen molar-refractivity contribution in [2.45, 2.75) is 5.79 Å². The highest BCUT2D eigenvalue weighted by atomic mass is 16.7. The predicted molar refractivity (Wildman–Crippen MR) is 119 cm³/mol. The largest absolute Gasteiger partial charge is 0.465 e. The van der Waals surface area contributed by atoms with E-state index in [4.69, 9.17) is 18.9 Å². The standard InChI is InChI=1S/C27H20O5/c1-29-26(28)19-17-23(30-22-15-9-4-10-16-22)25-24(18-19)31-27(32-25,20-11-5-2-6-12-20)21-13-7-3-8-14-21/h2-18H,1H3. The third kappa shape index (κ3) is 3.44. The molecule has 0 spiro atoms. The van der Waals surface area contributed by atoms with Gasteiger partial charge in [0.25, 0.3) is 0 Å². The number of fused-ring (bicyclic) bond motifs is 1. The number of benzene rings is 4. The van der Waals surface area contributed by atoms with Crippen molar-refractivity contribution in [1.82, 2.24) is 0 Å². The molecule has 0 aromatic heterocycles. The maximum Gasteiger partial charge on any atom is 0.338 e. The summed E-state index contributed by atoms with van der Waals surface area (Å²) in [7, 11) is 1.34. The molecule has 4 aromatic carbocycles. The second-order valence-corrected chi connectivity index (χ2v) is 7.26. The summed E-state index contributed by atoms with van der Waals surface area (Å²) in [6, 6.07) is 31.9. The highest BCUT2D eigenvalue weighted by Crippen LogP contribution is 2.53. The number of rotatable bonds is 5. The van der Waals surface area contributed by atoms with Gasteiger partial charge in [-0.1, -0.05) is 78.9 Å². The van der Waals surface area contributed by atoms with Gasteiger partial charge in [0.15, 0.2) is 11.5 Å². The zero-order valence-electron chi connectivity index (χ0n) is 17.4. The van der Waals surface area contributed by atoms with Crippen LogP contribution >= 0.6 is 0 Å². The Kier molecular flexibility index (Phi) is 5.00. The molecule has 0 atom stereocenters. The van der Waals surface area contributed by atoms with E-state index < -0.39 is 11.8 Å². The minimum Gasteiger partial charge on any atom is -0.465 e. The molecule has 0 unspecified atom stereocenters. The van der Waals surface area contributed by atoms with Crippen LogP contribution in [0.4, 0.5) is 0 Å². The molecule has 0 amide bonds. The Morgan fingerprint density at radius 3 is 1.88 bits per heavy atom. The van der Waals surface area contributed by atoms with Crippen LogP contribution in [0.3, 0.4) is 0 Å². The van der Waals surface area contributed by atoms with Crippen molar-refractivity contribution in [3.05, 3.63) is 120 Å². The highest BCUT2D eigenvalue weighted by molar-refractivity contribution is 5.91. The normalized spacial score (nSPS) is 13.4. The first-order valence-corrected chi connectivity index (χ1v) is 10.2. The van der Waals surface area contributed by atoms with Crippen LogP contribution in [-0.2, 0) is 10.5 Å².